The van der Waals surface area contributed by atoms with E-state index in [2.05, 4.69) is 22.8 Å². The van der Waals surface area contributed by atoms with Crippen LogP contribution in [0.4, 0.5) is 10.1 Å². The van der Waals surface area contributed by atoms with Crippen molar-refractivity contribution < 1.29 is 9.18 Å². The molecule has 2 rings (SSSR count). The third-order valence-corrected chi connectivity index (χ3v) is 3.30. The molecule has 2 N–H and O–H groups in total. The number of hydrogen-bond acceptors (Lipinski definition) is 2. The first kappa shape index (κ1) is 16.2. The summed E-state index contributed by atoms with van der Waals surface area (Å²) in [5.41, 5.74) is 1.82. The van der Waals surface area contributed by atoms with Crippen LogP contribution in [0.15, 0.2) is 54.6 Å². The second-order valence-corrected chi connectivity index (χ2v) is 5.15. The summed E-state index contributed by atoms with van der Waals surface area (Å²) >= 11 is 0. The number of hydrogen-bond donors (Lipinski definition) is 2. The maximum atomic E-state index is 13.0. The largest absolute Gasteiger partial charge is 0.326 e. The maximum Gasteiger partial charge on any atom is 0.225 e. The zero-order valence-corrected chi connectivity index (χ0v) is 12.5. The van der Waals surface area contributed by atoms with Crippen molar-refractivity contribution >= 4 is 11.6 Å². The Morgan fingerprint density at radius 2 is 1.82 bits per heavy atom. The predicted molar refractivity (Wildman–Crippen MR) is 87.3 cm³/mol. The Balaban J connectivity index is 1.56. The summed E-state index contributed by atoms with van der Waals surface area (Å²) in [6.07, 6.45) is 2.45. The van der Waals surface area contributed by atoms with Crippen LogP contribution in [0.3, 0.4) is 0 Å². The molecule has 0 radical (unpaired) electrons. The molecule has 0 saturated heterocycles. The number of nitrogens with one attached hydrogen (secondary N) is 2. The van der Waals surface area contributed by atoms with E-state index in [0.29, 0.717) is 18.7 Å². The molecule has 116 valence electrons. The van der Waals surface area contributed by atoms with Gasteiger partial charge in [0.05, 0.1) is 0 Å². The topological polar surface area (TPSA) is 41.1 Å². The highest BCUT2D eigenvalue weighted by Crippen LogP contribution is 2.09. The first-order valence-corrected chi connectivity index (χ1v) is 7.54. The van der Waals surface area contributed by atoms with E-state index in [0.717, 1.165) is 19.4 Å². The van der Waals surface area contributed by atoms with Crippen LogP contribution in [0, 0.1) is 5.82 Å². The fraction of sp³-hybridized carbons (Fsp3) is 0.278. The van der Waals surface area contributed by atoms with Gasteiger partial charge in [-0.15, -0.1) is 0 Å². The van der Waals surface area contributed by atoms with Gasteiger partial charge in [-0.05, 0) is 43.1 Å². The molecule has 0 heterocycles. The van der Waals surface area contributed by atoms with Gasteiger partial charge >= 0.3 is 0 Å². The SMILES string of the molecule is O=C(CCNCCCc1ccccc1)Nc1cccc(F)c1. The predicted octanol–water partition coefficient (Wildman–Crippen LogP) is 3.38. The van der Waals surface area contributed by atoms with Crippen molar-refractivity contribution in [3.05, 3.63) is 66.0 Å². The van der Waals surface area contributed by atoms with E-state index in [-0.39, 0.29) is 11.7 Å². The molecule has 0 saturated carbocycles. The van der Waals surface area contributed by atoms with Crippen molar-refractivity contribution in [2.45, 2.75) is 19.3 Å². The van der Waals surface area contributed by atoms with Crippen LogP contribution in [0.5, 0.6) is 0 Å². The third kappa shape index (κ3) is 6.06. The lowest BCUT2D eigenvalue weighted by molar-refractivity contribution is -0.116. The van der Waals surface area contributed by atoms with E-state index < -0.39 is 0 Å². The van der Waals surface area contributed by atoms with Crippen LogP contribution in [-0.4, -0.2) is 19.0 Å². The molecule has 0 aliphatic heterocycles. The summed E-state index contributed by atoms with van der Waals surface area (Å²) in [4.78, 5) is 11.7. The first-order chi connectivity index (χ1) is 10.7. The molecule has 0 unspecified atom stereocenters. The minimum absolute atomic E-state index is 0.110. The van der Waals surface area contributed by atoms with Gasteiger partial charge in [0.15, 0.2) is 0 Å². The molecule has 0 aliphatic rings. The molecule has 1 amide bonds. The van der Waals surface area contributed by atoms with Crippen molar-refractivity contribution in [2.75, 3.05) is 18.4 Å². The Labute approximate surface area is 130 Å². The van der Waals surface area contributed by atoms with Gasteiger partial charge < -0.3 is 10.6 Å². The third-order valence-electron chi connectivity index (χ3n) is 3.30. The first-order valence-electron chi connectivity index (χ1n) is 7.54. The molecule has 0 fully saturated rings. The summed E-state index contributed by atoms with van der Waals surface area (Å²) in [6, 6.07) is 16.2. The number of carbonyl (C=O) groups is 1. The molecule has 2 aromatic carbocycles. The summed E-state index contributed by atoms with van der Waals surface area (Å²) in [5.74, 6) is -0.460. The molecule has 0 atom stereocenters. The number of benzene rings is 2. The monoisotopic (exact) mass is 300 g/mol. The van der Waals surface area contributed by atoms with Crippen LogP contribution in [0.1, 0.15) is 18.4 Å². The highest BCUT2D eigenvalue weighted by Gasteiger charge is 2.02. The fourth-order valence-electron chi connectivity index (χ4n) is 2.18. The van der Waals surface area contributed by atoms with Crippen LogP contribution in [0.25, 0.3) is 0 Å². The van der Waals surface area contributed by atoms with E-state index in [4.69, 9.17) is 0 Å². The van der Waals surface area contributed by atoms with E-state index in [1.54, 1.807) is 12.1 Å². The molecular weight excluding hydrogens is 279 g/mol. The normalized spacial score (nSPS) is 10.4. The molecular formula is C18H21FN2O. The number of halogens is 1. The Bertz CT molecular complexity index is 587. The Morgan fingerprint density at radius 3 is 2.59 bits per heavy atom. The van der Waals surface area contributed by atoms with Crippen molar-refractivity contribution in [1.29, 1.82) is 0 Å². The fourth-order valence-corrected chi connectivity index (χ4v) is 2.18. The molecule has 0 aliphatic carbocycles. The summed E-state index contributed by atoms with van der Waals surface area (Å²) in [5, 5.41) is 5.93. The van der Waals surface area contributed by atoms with Gasteiger partial charge in [-0.2, -0.15) is 0 Å². The van der Waals surface area contributed by atoms with Crippen molar-refractivity contribution in [1.82, 2.24) is 5.32 Å². The van der Waals surface area contributed by atoms with Crippen molar-refractivity contribution in [2.24, 2.45) is 0 Å². The van der Waals surface area contributed by atoms with Crippen molar-refractivity contribution in [3.8, 4) is 0 Å². The van der Waals surface area contributed by atoms with Gasteiger partial charge in [-0.3, -0.25) is 4.79 Å². The van der Waals surface area contributed by atoms with E-state index >= 15 is 0 Å². The quantitative estimate of drug-likeness (QED) is 0.734. The Morgan fingerprint density at radius 1 is 1.00 bits per heavy atom. The highest BCUT2D eigenvalue weighted by molar-refractivity contribution is 5.90. The lowest BCUT2D eigenvalue weighted by Crippen LogP contribution is -2.23. The molecule has 22 heavy (non-hydrogen) atoms. The van der Waals surface area contributed by atoms with Crippen LogP contribution in [0.2, 0.25) is 0 Å². The van der Waals surface area contributed by atoms with Gasteiger partial charge in [-0.25, -0.2) is 4.39 Å². The van der Waals surface area contributed by atoms with Gasteiger partial charge in [0, 0.05) is 18.7 Å². The van der Waals surface area contributed by atoms with Gasteiger partial charge in [0.2, 0.25) is 5.91 Å². The Kier molecular flexibility index (Phi) is 6.58. The summed E-state index contributed by atoms with van der Waals surface area (Å²) in [6.45, 7) is 1.50. The molecule has 4 heteroatoms. The molecule has 0 aromatic heterocycles. The molecule has 0 bridgehead atoms. The average Bonchev–Trinajstić information content (AvgIpc) is 2.52. The highest BCUT2D eigenvalue weighted by atomic mass is 19.1. The maximum absolute atomic E-state index is 13.0. The zero-order valence-electron chi connectivity index (χ0n) is 12.5. The Hall–Kier alpha value is -2.20. The van der Waals surface area contributed by atoms with Crippen LogP contribution >= 0.6 is 0 Å². The van der Waals surface area contributed by atoms with Crippen LogP contribution < -0.4 is 10.6 Å². The van der Waals surface area contributed by atoms with E-state index in [1.807, 2.05) is 18.2 Å². The van der Waals surface area contributed by atoms with Crippen molar-refractivity contribution in [3.63, 3.8) is 0 Å². The lowest BCUT2D eigenvalue weighted by atomic mass is 10.1. The molecule has 2 aromatic rings. The van der Waals surface area contributed by atoms with E-state index in [9.17, 15) is 9.18 Å². The number of rotatable bonds is 8. The minimum atomic E-state index is -0.350. The lowest BCUT2D eigenvalue weighted by Gasteiger charge is -2.07. The number of carbonyl (C=O) groups excluding carboxylic acids is 1. The summed E-state index contributed by atoms with van der Waals surface area (Å²) < 4.78 is 13.0. The molecule has 0 spiro atoms. The van der Waals surface area contributed by atoms with Crippen LogP contribution in [-0.2, 0) is 11.2 Å². The minimum Gasteiger partial charge on any atom is -0.326 e. The standard InChI is InChI=1S/C18H21FN2O/c19-16-9-4-10-17(14-16)21-18(22)11-13-20-12-5-8-15-6-2-1-3-7-15/h1-4,6-7,9-10,14,20H,5,8,11-13H2,(H,21,22). The number of amides is 1. The average molecular weight is 300 g/mol. The molecule has 3 nitrogen and oxygen atoms in total. The number of aryl methyl sites for hydroxylation is 1. The number of anilines is 1. The van der Waals surface area contributed by atoms with Gasteiger partial charge in [0.1, 0.15) is 5.82 Å². The van der Waals surface area contributed by atoms with Gasteiger partial charge in [-0.1, -0.05) is 36.4 Å². The summed E-state index contributed by atoms with van der Waals surface area (Å²) in [7, 11) is 0. The van der Waals surface area contributed by atoms with E-state index in [1.165, 1.54) is 17.7 Å². The van der Waals surface area contributed by atoms with Gasteiger partial charge in [0.25, 0.3) is 0 Å². The second-order valence-electron chi connectivity index (χ2n) is 5.15. The zero-order chi connectivity index (χ0) is 15.6. The smallest absolute Gasteiger partial charge is 0.225 e. The second kappa shape index (κ2) is 8.95.